The van der Waals surface area contributed by atoms with Crippen molar-refractivity contribution in [3.8, 4) is 0 Å². The number of aromatic nitrogens is 1. The van der Waals surface area contributed by atoms with Crippen LogP contribution in [0.15, 0.2) is 18.3 Å². The fourth-order valence-corrected chi connectivity index (χ4v) is 2.83. The molecule has 0 bridgehead atoms. The van der Waals surface area contributed by atoms with Gasteiger partial charge in [-0.05, 0) is 31.7 Å². The highest BCUT2D eigenvalue weighted by Crippen LogP contribution is 2.15. The zero-order valence-electron chi connectivity index (χ0n) is 11.7. The molecule has 1 aromatic rings. The zero-order valence-corrected chi connectivity index (χ0v) is 11.7. The molecule has 108 valence electrons. The van der Waals surface area contributed by atoms with Crippen molar-refractivity contribution in [3.05, 3.63) is 23.9 Å². The molecule has 2 fully saturated rings. The number of rotatable bonds is 4. The molecule has 2 N–H and O–H groups in total. The lowest BCUT2D eigenvalue weighted by molar-refractivity contribution is -0.364. The van der Waals surface area contributed by atoms with Crippen molar-refractivity contribution in [1.29, 1.82) is 0 Å². The third-order valence-electron chi connectivity index (χ3n) is 4.02. The van der Waals surface area contributed by atoms with E-state index in [2.05, 4.69) is 15.2 Å². The average molecular weight is 276 g/mol. The summed E-state index contributed by atoms with van der Waals surface area (Å²) in [5.41, 5.74) is 0.672. The summed E-state index contributed by atoms with van der Waals surface area (Å²) in [4.78, 5) is 17.6. The van der Waals surface area contributed by atoms with Gasteiger partial charge in [-0.2, -0.15) is 0 Å². The van der Waals surface area contributed by atoms with E-state index in [4.69, 9.17) is 4.74 Å². The molecule has 2 saturated heterocycles. The van der Waals surface area contributed by atoms with E-state index in [1.807, 2.05) is 12.1 Å². The molecule has 5 heteroatoms. The van der Waals surface area contributed by atoms with E-state index < -0.39 is 0 Å². The Morgan fingerprint density at radius 2 is 2.20 bits per heavy atom. The highest BCUT2D eigenvalue weighted by atomic mass is 16.5. The molecule has 0 spiro atoms. The number of ether oxygens (including phenoxy) is 1. The molecule has 0 aromatic carbocycles. The van der Waals surface area contributed by atoms with Gasteiger partial charge in [0.15, 0.2) is 0 Å². The number of hydrogen-bond donors (Lipinski definition) is 1. The molecular weight excluding hydrogens is 254 g/mol. The van der Waals surface area contributed by atoms with Crippen LogP contribution in [0.4, 0.5) is 5.82 Å². The number of carbonyl (C=O) groups is 1. The van der Waals surface area contributed by atoms with Crippen LogP contribution >= 0.6 is 0 Å². The molecule has 2 aliphatic rings. The Morgan fingerprint density at radius 1 is 1.35 bits per heavy atom. The number of amides is 1. The summed E-state index contributed by atoms with van der Waals surface area (Å²) in [6, 6.07) is 3.88. The molecule has 0 saturated carbocycles. The Balaban J connectivity index is 1.54. The van der Waals surface area contributed by atoms with Gasteiger partial charge in [0.25, 0.3) is 11.7 Å². The molecule has 2 aliphatic heterocycles. The number of H-pyrrole nitrogens is 1. The van der Waals surface area contributed by atoms with Gasteiger partial charge < -0.3 is 10.1 Å². The van der Waals surface area contributed by atoms with E-state index in [0.29, 0.717) is 12.1 Å². The van der Waals surface area contributed by atoms with E-state index >= 15 is 0 Å². The summed E-state index contributed by atoms with van der Waals surface area (Å²) in [7, 11) is 0. The SMILES string of the molecule is O=C(NC[C@@H]1CCCO1)c1ccc(N2CCCC2)[nH+]c1. The van der Waals surface area contributed by atoms with Crippen LogP contribution in [0, 0.1) is 0 Å². The second kappa shape index (κ2) is 6.22. The molecule has 3 heterocycles. The Labute approximate surface area is 119 Å². The number of anilines is 1. The second-order valence-corrected chi connectivity index (χ2v) is 5.50. The molecule has 5 nitrogen and oxygen atoms in total. The summed E-state index contributed by atoms with van der Waals surface area (Å²) >= 11 is 0. The highest BCUT2D eigenvalue weighted by Gasteiger charge is 2.21. The second-order valence-electron chi connectivity index (χ2n) is 5.50. The first-order valence-corrected chi connectivity index (χ1v) is 7.49. The van der Waals surface area contributed by atoms with Gasteiger partial charge in [-0.1, -0.05) is 0 Å². The summed E-state index contributed by atoms with van der Waals surface area (Å²) in [6.45, 7) is 3.62. The Hall–Kier alpha value is -1.62. The normalized spacial score (nSPS) is 22.2. The molecule has 1 atom stereocenters. The van der Waals surface area contributed by atoms with Gasteiger partial charge in [0.05, 0.1) is 24.8 Å². The van der Waals surface area contributed by atoms with Gasteiger partial charge in [0, 0.05) is 19.2 Å². The molecule has 1 aromatic heterocycles. The summed E-state index contributed by atoms with van der Waals surface area (Å²) < 4.78 is 5.50. The van der Waals surface area contributed by atoms with Crippen LogP contribution in [0.5, 0.6) is 0 Å². The zero-order chi connectivity index (χ0) is 13.8. The van der Waals surface area contributed by atoms with Gasteiger partial charge in [0.2, 0.25) is 0 Å². The maximum Gasteiger partial charge on any atom is 0.274 e. The lowest BCUT2D eigenvalue weighted by Gasteiger charge is -2.11. The van der Waals surface area contributed by atoms with Crippen LogP contribution in [0.3, 0.4) is 0 Å². The van der Waals surface area contributed by atoms with Crippen molar-refractivity contribution >= 4 is 11.7 Å². The Kier molecular flexibility index (Phi) is 4.16. The maximum absolute atomic E-state index is 12.0. The highest BCUT2D eigenvalue weighted by molar-refractivity contribution is 5.93. The van der Waals surface area contributed by atoms with Gasteiger partial charge in [-0.25, -0.2) is 4.98 Å². The molecule has 0 radical (unpaired) electrons. The first-order valence-electron chi connectivity index (χ1n) is 7.49. The topological polar surface area (TPSA) is 55.7 Å². The molecule has 0 aliphatic carbocycles. The lowest BCUT2D eigenvalue weighted by atomic mass is 10.2. The van der Waals surface area contributed by atoms with Crippen molar-refractivity contribution in [1.82, 2.24) is 5.32 Å². The number of aromatic amines is 1. The van der Waals surface area contributed by atoms with E-state index in [1.165, 1.54) is 12.8 Å². The third kappa shape index (κ3) is 3.10. The maximum atomic E-state index is 12.0. The molecule has 3 rings (SSSR count). The van der Waals surface area contributed by atoms with Crippen molar-refractivity contribution in [3.63, 3.8) is 0 Å². The predicted molar refractivity (Wildman–Crippen MR) is 75.8 cm³/mol. The van der Waals surface area contributed by atoms with Crippen LogP contribution in [0.2, 0.25) is 0 Å². The fourth-order valence-electron chi connectivity index (χ4n) is 2.83. The molecule has 20 heavy (non-hydrogen) atoms. The smallest absolute Gasteiger partial charge is 0.274 e. The van der Waals surface area contributed by atoms with E-state index in [-0.39, 0.29) is 12.0 Å². The van der Waals surface area contributed by atoms with Crippen LogP contribution in [-0.2, 0) is 4.74 Å². The fraction of sp³-hybridized carbons (Fsp3) is 0.600. The number of pyridine rings is 1. The summed E-state index contributed by atoms with van der Waals surface area (Å²) in [5, 5.41) is 2.93. The molecular formula is C15H22N3O2+. The average Bonchev–Trinajstić information content (AvgIpc) is 3.18. The van der Waals surface area contributed by atoms with E-state index in [0.717, 1.165) is 38.4 Å². The first-order chi connectivity index (χ1) is 9.83. The quantitative estimate of drug-likeness (QED) is 0.893. The van der Waals surface area contributed by atoms with Crippen LogP contribution in [0.1, 0.15) is 36.0 Å². The minimum Gasteiger partial charge on any atom is -0.376 e. The van der Waals surface area contributed by atoms with Crippen LogP contribution in [-0.4, -0.2) is 38.3 Å². The van der Waals surface area contributed by atoms with Crippen molar-refractivity contribution in [2.45, 2.75) is 31.8 Å². The minimum atomic E-state index is -0.0373. The van der Waals surface area contributed by atoms with Gasteiger partial charge in [-0.15, -0.1) is 0 Å². The summed E-state index contributed by atoms with van der Waals surface area (Å²) in [5.74, 6) is 1.06. The van der Waals surface area contributed by atoms with Crippen LogP contribution < -0.4 is 15.2 Å². The minimum absolute atomic E-state index is 0.0373. The monoisotopic (exact) mass is 276 g/mol. The first kappa shape index (κ1) is 13.4. The predicted octanol–water partition coefficient (Wildman–Crippen LogP) is 1.01. The molecule has 0 unspecified atom stereocenters. The van der Waals surface area contributed by atoms with Gasteiger partial charge >= 0.3 is 0 Å². The Morgan fingerprint density at radius 3 is 2.85 bits per heavy atom. The van der Waals surface area contributed by atoms with Gasteiger partial charge in [-0.3, -0.25) is 9.69 Å². The van der Waals surface area contributed by atoms with Gasteiger partial charge in [0.1, 0.15) is 6.20 Å². The summed E-state index contributed by atoms with van der Waals surface area (Å²) in [6.07, 6.45) is 6.61. The lowest BCUT2D eigenvalue weighted by Crippen LogP contribution is -2.33. The van der Waals surface area contributed by atoms with Crippen molar-refractivity contribution in [2.75, 3.05) is 31.1 Å². The molecule has 1 amide bonds. The standard InChI is InChI=1S/C15H21N3O2/c19-15(17-11-13-4-3-9-20-13)12-5-6-14(16-10-12)18-7-1-2-8-18/h5-6,10,13H,1-4,7-9,11H2,(H,17,19)/p+1/t13-/m0/s1. The third-order valence-corrected chi connectivity index (χ3v) is 4.02. The largest absolute Gasteiger partial charge is 0.376 e. The van der Waals surface area contributed by atoms with Crippen LogP contribution in [0.25, 0.3) is 0 Å². The number of nitrogens with zero attached hydrogens (tertiary/aromatic N) is 1. The van der Waals surface area contributed by atoms with Crippen molar-refractivity contribution in [2.24, 2.45) is 0 Å². The number of carbonyl (C=O) groups excluding carboxylic acids is 1. The number of hydrogen-bond acceptors (Lipinski definition) is 3. The van der Waals surface area contributed by atoms with E-state index in [9.17, 15) is 4.79 Å². The van der Waals surface area contributed by atoms with E-state index in [1.54, 1.807) is 6.20 Å². The number of nitrogens with one attached hydrogen (secondary N) is 2. The Bertz CT molecular complexity index is 449. The van der Waals surface area contributed by atoms with Crippen molar-refractivity contribution < 1.29 is 14.5 Å².